The monoisotopic (exact) mass is 374 g/mol. The lowest BCUT2D eigenvalue weighted by atomic mass is 9.84. The lowest BCUT2D eigenvalue weighted by Crippen LogP contribution is -2.52. The lowest BCUT2D eigenvalue weighted by molar-refractivity contribution is -0.140. The van der Waals surface area contributed by atoms with Crippen molar-refractivity contribution in [1.82, 2.24) is 15.4 Å². The van der Waals surface area contributed by atoms with Gasteiger partial charge in [0.05, 0.1) is 0 Å². The minimum absolute atomic E-state index is 0.0670. The number of nitrogens with two attached hydrogens (primary N) is 1. The van der Waals surface area contributed by atoms with Crippen molar-refractivity contribution in [2.75, 3.05) is 6.54 Å². The Labute approximate surface area is 160 Å². The maximum atomic E-state index is 12.9. The van der Waals surface area contributed by atoms with E-state index in [-0.39, 0.29) is 35.9 Å². The van der Waals surface area contributed by atoms with Crippen LogP contribution in [0.3, 0.4) is 0 Å². The van der Waals surface area contributed by atoms with E-state index in [0.29, 0.717) is 18.2 Å². The minimum Gasteiger partial charge on any atom is -0.360 e. The number of hydrogen-bond acceptors (Lipinski definition) is 5. The van der Waals surface area contributed by atoms with Crippen molar-refractivity contribution in [3.05, 3.63) is 17.5 Å². The van der Waals surface area contributed by atoms with Crippen molar-refractivity contribution >= 4 is 11.8 Å². The number of nitrogens with one attached hydrogen (secondary N) is 1. The molecule has 2 atom stereocenters. The molecule has 0 unspecified atom stereocenters. The van der Waals surface area contributed by atoms with Crippen LogP contribution in [0.4, 0.5) is 0 Å². The summed E-state index contributed by atoms with van der Waals surface area (Å²) in [5.74, 6) is 1.48. The lowest BCUT2D eigenvalue weighted by Gasteiger charge is -2.40. The van der Waals surface area contributed by atoms with Crippen LogP contribution in [-0.2, 0) is 4.79 Å². The van der Waals surface area contributed by atoms with E-state index < -0.39 is 0 Å². The topological polar surface area (TPSA) is 101 Å². The molecule has 1 aromatic rings. The zero-order valence-corrected chi connectivity index (χ0v) is 16.0. The average molecular weight is 374 g/mol. The van der Waals surface area contributed by atoms with Crippen LogP contribution in [-0.4, -0.2) is 46.5 Å². The number of nitrogens with zero attached hydrogens (tertiary/aromatic N) is 2. The molecule has 2 heterocycles. The number of carbonyl (C=O) groups is 2. The largest absolute Gasteiger partial charge is 0.360 e. The van der Waals surface area contributed by atoms with Gasteiger partial charge in [0.25, 0.3) is 5.91 Å². The van der Waals surface area contributed by atoms with Crippen LogP contribution in [0, 0.1) is 5.92 Å². The SMILES string of the molecule is C[C@@H]1C[C@H](NC(=O)c2cc(C3CC3)on2)CCN1C(=O)[C@H]1CC[C@H](N)CC1. The van der Waals surface area contributed by atoms with E-state index in [4.69, 9.17) is 10.3 Å². The summed E-state index contributed by atoms with van der Waals surface area (Å²) >= 11 is 0. The van der Waals surface area contributed by atoms with Crippen molar-refractivity contribution in [3.8, 4) is 0 Å². The fourth-order valence-electron chi connectivity index (χ4n) is 4.45. The van der Waals surface area contributed by atoms with E-state index >= 15 is 0 Å². The number of hydrogen-bond donors (Lipinski definition) is 2. The molecule has 3 aliphatic rings. The molecule has 3 N–H and O–H groups in total. The Morgan fingerprint density at radius 1 is 1.19 bits per heavy atom. The molecule has 148 valence electrons. The molecule has 3 fully saturated rings. The summed E-state index contributed by atoms with van der Waals surface area (Å²) < 4.78 is 5.27. The summed E-state index contributed by atoms with van der Waals surface area (Å²) in [7, 11) is 0. The van der Waals surface area contributed by atoms with Gasteiger partial charge in [0.15, 0.2) is 5.69 Å². The predicted octanol–water partition coefficient (Wildman–Crippen LogP) is 2.18. The molecule has 27 heavy (non-hydrogen) atoms. The first-order chi connectivity index (χ1) is 13.0. The number of rotatable bonds is 4. The Hall–Kier alpha value is -1.89. The van der Waals surface area contributed by atoms with Crippen molar-refractivity contribution < 1.29 is 14.1 Å². The van der Waals surface area contributed by atoms with E-state index in [2.05, 4.69) is 17.4 Å². The second-order valence-corrected chi connectivity index (χ2v) is 8.58. The summed E-state index contributed by atoms with van der Waals surface area (Å²) in [5.41, 5.74) is 6.32. The minimum atomic E-state index is -0.177. The molecule has 0 aromatic carbocycles. The molecule has 1 aliphatic heterocycles. The number of amides is 2. The van der Waals surface area contributed by atoms with E-state index in [0.717, 1.165) is 57.1 Å². The Morgan fingerprint density at radius 2 is 1.93 bits per heavy atom. The van der Waals surface area contributed by atoms with Gasteiger partial charge >= 0.3 is 0 Å². The number of piperidine rings is 1. The highest BCUT2D eigenvalue weighted by Gasteiger charge is 2.35. The van der Waals surface area contributed by atoms with E-state index in [1.165, 1.54) is 0 Å². The zero-order valence-electron chi connectivity index (χ0n) is 16.0. The van der Waals surface area contributed by atoms with Crippen molar-refractivity contribution in [3.63, 3.8) is 0 Å². The molecule has 1 saturated heterocycles. The van der Waals surface area contributed by atoms with Crippen LogP contribution in [0.2, 0.25) is 0 Å². The number of carbonyl (C=O) groups excluding carboxylic acids is 2. The third-order valence-electron chi connectivity index (χ3n) is 6.36. The molecule has 7 heteroatoms. The molecule has 1 aromatic heterocycles. The fourth-order valence-corrected chi connectivity index (χ4v) is 4.45. The molecule has 2 saturated carbocycles. The average Bonchev–Trinajstić information content (AvgIpc) is 3.38. The Kier molecular flexibility index (Phi) is 5.21. The van der Waals surface area contributed by atoms with Gasteiger partial charge in [-0.25, -0.2) is 0 Å². The normalized spacial score (nSPS) is 31.6. The van der Waals surface area contributed by atoms with E-state index in [1.807, 2.05) is 4.90 Å². The Morgan fingerprint density at radius 3 is 2.59 bits per heavy atom. The molecule has 2 amide bonds. The summed E-state index contributed by atoms with van der Waals surface area (Å²) in [6.45, 7) is 2.77. The summed E-state index contributed by atoms with van der Waals surface area (Å²) in [5, 5.41) is 6.98. The van der Waals surface area contributed by atoms with Crippen LogP contribution >= 0.6 is 0 Å². The van der Waals surface area contributed by atoms with Crippen LogP contribution in [0.25, 0.3) is 0 Å². The predicted molar refractivity (Wildman–Crippen MR) is 100 cm³/mol. The van der Waals surface area contributed by atoms with E-state index in [1.54, 1.807) is 6.07 Å². The third kappa shape index (κ3) is 4.18. The standard InChI is InChI=1S/C20H30N4O3/c1-12-10-16(22-19(25)17-11-18(27-23-17)13-2-3-13)8-9-24(12)20(26)14-4-6-15(21)7-5-14/h11-16H,2-10,21H2,1H3,(H,22,25)/t12-,14-,15-,16-/m1/s1. The first-order valence-electron chi connectivity index (χ1n) is 10.3. The maximum absolute atomic E-state index is 12.9. The second kappa shape index (κ2) is 7.62. The molecule has 7 nitrogen and oxygen atoms in total. The molecule has 0 radical (unpaired) electrons. The van der Waals surface area contributed by atoms with Crippen LogP contribution in [0.5, 0.6) is 0 Å². The molecule has 0 bridgehead atoms. The van der Waals surface area contributed by atoms with Crippen LogP contribution < -0.4 is 11.1 Å². The second-order valence-electron chi connectivity index (χ2n) is 8.58. The van der Waals surface area contributed by atoms with Gasteiger partial charge in [-0.1, -0.05) is 5.16 Å². The highest BCUT2D eigenvalue weighted by atomic mass is 16.5. The van der Waals surface area contributed by atoms with Gasteiger partial charge in [-0.2, -0.15) is 0 Å². The molecular formula is C20H30N4O3. The fraction of sp³-hybridized carbons (Fsp3) is 0.750. The first-order valence-corrected chi connectivity index (χ1v) is 10.3. The zero-order chi connectivity index (χ0) is 19.0. The van der Waals surface area contributed by atoms with Gasteiger partial charge in [0.1, 0.15) is 5.76 Å². The van der Waals surface area contributed by atoms with Gasteiger partial charge in [0.2, 0.25) is 5.91 Å². The molecular weight excluding hydrogens is 344 g/mol. The molecule has 0 spiro atoms. The summed E-state index contributed by atoms with van der Waals surface area (Å²) in [6.07, 6.45) is 7.48. The number of likely N-dealkylation sites (tertiary alicyclic amines) is 1. The Bertz CT molecular complexity index is 691. The Balaban J connectivity index is 1.28. The summed E-state index contributed by atoms with van der Waals surface area (Å²) in [6, 6.07) is 2.22. The van der Waals surface area contributed by atoms with Crippen molar-refractivity contribution in [1.29, 1.82) is 0 Å². The van der Waals surface area contributed by atoms with E-state index in [9.17, 15) is 9.59 Å². The highest BCUT2D eigenvalue weighted by molar-refractivity contribution is 5.92. The molecule has 4 rings (SSSR count). The van der Waals surface area contributed by atoms with Gasteiger partial charge in [0, 0.05) is 42.6 Å². The smallest absolute Gasteiger partial charge is 0.273 e. The van der Waals surface area contributed by atoms with Gasteiger partial charge < -0.3 is 20.5 Å². The third-order valence-corrected chi connectivity index (χ3v) is 6.36. The summed E-state index contributed by atoms with van der Waals surface area (Å²) in [4.78, 5) is 27.3. The first kappa shape index (κ1) is 18.5. The van der Waals surface area contributed by atoms with Crippen LogP contribution in [0.1, 0.15) is 80.5 Å². The highest BCUT2D eigenvalue weighted by Crippen LogP contribution is 2.40. The maximum Gasteiger partial charge on any atom is 0.273 e. The van der Waals surface area contributed by atoms with Gasteiger partial charge in [-0.05, 0) is 58.3 Å². The van der Waals surface area contributed by atoms with Gasteiger partial charge in [-0.3, -0.25) is 9.59 Å². The van der Waals surface area contributed by atoms with Crippen molar-refractivity contribution in [2.24, 2.45) is 11.7 Å². The quantitative estimate of drug-likeness (QED) is 0.841. The van der Waals surface area contributed by atoms with Gasteiger partial charge in [-0.15, -0.1) is 0 Å². The van der Waals surface area contributed by atoms with Crippen molar-refractivity contribution in [2.45, 2.75) is 82.3 Å². The number of aromatic nitrogens is 1. The van der Waals surface area contributed by atoms with Crippen LogP contribution in [0.15, 0.2) is 10.6 Å². The molecule has 2 aliphatic carbocycles.